The third-order valence-corrected chi connectivity index (χ3v) is 6.91. The first kappa shape index (κ1) is 19.6. The van der Waals surface area contributed by atoms with Gasteiger partial charge in [0.15, 0.2) is 9.84 Å². The van der Waals surface area contributed by atoms with Crippen LogP contribution in [0.2, 0.25) is 0 Å². The van der Waals surface area contributed by atoms with Crippen LogP contribution in [0.3, 0.4) is 0 Å². The molecule has 0 saturated heterocycles. The van der Waals surface area contributed by atoms with Gasteiger partial charge in [-0.15, -0.1) is 0 Å². The van der Waals surface area contributed by atoms with Crippen LogP contribution in [-0.2, 0) is 23.0 Å². The molecule has 4 rings (SSSR count). The van der Waals surface area contributed by atoms with Gasteiger partial charge in [-0.05, 0) is 29.3 Å². The zero-order chi connectivity index (χ0) is 20.4. The van der Waals surface area contributed by atoms with E-state index in [4.69, 9.17) is 10.7 Å². The fourth-order valence-corrected chi connectivity index (χ4v) is 5.13. The van der Waals surface area contributed by atoms with Gasteiger partial charge >= 0.3 is 0 Å². The fourth-order valence-electron chi connectivity index (χ4n) is 3.63. The van der Waals surface area contributed by atoms with Gasteiger partial charge in [-0.2, -0.15) is 0 Å². The first-order valence-electron chi connectivity index (χ1n) is 9.56. The maximum absolute atomic E-state index is 12.7. The SMILES string of the molecule is NCCNc1cc(N2CCS(=O)(=O)c3ccccc3C2)nc2ccc(CO)cc12. The van der Waals surface area contributed by atoms with Crippen LogP contribution in [-0.4, -0.2) is 43.9 Å². The van der Waals surface area contributed by atoms with Gasteiger partial charge in [0.05, 0.1) is 22.8 Å². The third kappa shape index (κ3) is 3.91. The number of benzene rings is 2. The summed E-state index contributed by atoms with van der Waals surface area (Å²) in [6.45, 7) is 1.86. The molecule has 0 radical (unpaired) electrons. The van der Waals surface area contributed by atoms with Crippen LogP contribution >= 0.6 is 0 Å². The van der Waals surface area contributed by atoms with Crippen molar-refractivity contribution in [2.75, 3.05) is 35.6 Å². The summed E-state index contributed by atoms with van der Waals surface area (Å²) in [6.07, 6.45) is 0. The maximum Gasteiger partial charge on any atom is 0.180 e. The minimum atomic E-state index is -3.32. The molecule has 1 aliphatic heterocycles. The number of sulfone groups is 1. The van der Waals surface area contributed by atoms with E-state index in [2.05, 4.69) is 5.32 Å². The lowest BCUT2D eigenvalue weighted by Gasteiger charge is -2.23. The van der Waals surface area contributed by atoms with Crippen molar-refractivity contribution in [2.45, 2.75) is 18.0 Å². The van der Waals surface area contributed by atoms with Gasteiger partial charge in [0.2, 0.25) is 0 Å². The lowest BCUT2D eigenvalue weighted by Crippen LogP contribution is -2.26. The summed E-state index contributed by atoms with van der Waals surface area (Å²) >= 11 is 0. The molecule has 0 amide bonds. The van der Waals surface area contributed by atoms with Gasteiger partial charge < -0.3 is 21.1 Å². The van der Waals surface area contributed by atoms with Crippen LogP contribution in [0.15, 0.2) is 53.4 Å². The molecule has 8 heteroatoms. The predicted molar refractivity (Wildman–Crippen MR) is 115 cm³/mol. The molecule has 29 heavy (non-hydrogen) atoms. The van der Waals surface area contributed by atoms with Gasteiger partial charge in [-0.25, -0.2) is 13.4 Å². The van der Waals surface area contributed by atoms with Crippen LogP contribution < -0.4 is 16.0 Å². The number of aromatic nitrogens is 1. The van der Waals surface area contributed by atoms with E-state index in [9.17, 15) is 13.5 Å². The molecule has 1 aromatic heterocycles. The zero-order valence-corrected chi connectivity index (χ0v) is 16.8. The van der Waals surface area contributed by atoms with E-state index < -0.39 is 9.84 Å². The Morgan fingerprint density at radius 2 is 2.00 bits per heavy atom. The Hall–Kier alpha value is -2.68. The van der Waals surface area contributed by atoms with Gasteiger partial charge in [0.25, 0.3) is 0 Å². The van der Waals surface area contributed by atoms with E-state index in [1.807, 2.05) is 41.3 Å². The molecule has 4 N–H and O–H groups in total. The van der Waals surface area contributed by atoms with E-state index in [-0.39, 0.29) is 12.4 Å². The van der Waals surface area contributed by atoms with Crippen molar-refractivity contribution in [1.29, 1.82) is 0 Å². The summed E-state index contributed by atoms with van der Waals surface area (Å²) in [6, 6.07) is 14.7. The van der Waals surface area contributed by atoms with Gasteiger partial charge in [-0.3, -0.25) is 0 Å². The molecule has 1 aliphatic rings. The minimum Gasteiger partial charge on any atom is -0.392 e. The van der Waals surface area contributed by atoms with E-state index in [0.29, 0.717) is 36.9 Å². The van der Waals surface area contributed by atoms with Gasteiger partial charge in [-0.1, -0.05) is 24.3 Å². The van der Waals surface area contributed by atoms with Crippen molar-refractivity contribution in [3.05, 3.63) is 59.7 Å². The van der Waals surface area contributed by atoms with Gasteiger partial charge in [0, 0.05) is 43.3 Å². The van der Waals surface area contributed by atoms with Crippen LogP contribution in [0.1, 0.15) is 11.1 Å². The second-order valence-corrected chi connectivity index (χ2v) is 9.18. The number of nitrogens with two attached hydrogens (primary N) is 1. The number of hydrogen-bond donors (Lipinski definition) is 3. The highest BCUT2D eigenvalue weighted by Crippen LogP contribution is 2.31. The Morgan fingerprint density at radius 1 is 1.17 bits per heavy atom. The quantitative estimate of drug-likeness (QED) is 0.587. The molecule has 0 bridgehead atoms. The molecule has 2 aromatic carbocycles. The minimum absolute atomic E-state index is 0.0404. The van der Waals surface area contributed by atoms with Crippen LogP contribution in [0.5, 0.6) is 0 Å². The highest BCUT2D eigenvalue weighted by Gasteiger charge is 2.26. The average molecular weight is 413 g/mol. The van der Waals surface area contributed by atoms with Crippen LogP contribution in [0.4, 0.5) is 11.5 Å². The van der Waals surface area contributed by atoms with E-state index in [1.54, 1.807) is 12.1 Å². The van der Waals surface area contributed by atoms with Crippen molar-refractivity contribution in [2.24, 2.45) is 5.73 Å². The number of anilines is 2. The first-order chi connectivity index (χ1) is 14.0. The molecule has 2 heterocycles. The second-order valence-electron chi connectivity index (χ2n) is 7.10. The monoisotopic (exact) mass is 412 g/mol. The molecule has 152 valence electrons. The summed E-state index contributed by atoms with van der Waals surface area (Å²) in [7, 11) is -3.32. The Balaban J connectivity index is 1.79. The summed E-state index contributed by atoms with van der Waals surface area (Å²) in [5, 5.41) is 13.7. The van der Waals surface area contributed by atoms with Crippen molar-refractivity contribution >= 4 is 32.2 Å². The number of rotatable bonds is 5. The number of nitrogens with one attached hydrogen (secondary N) is 1. The molecular weight excluding hydrogens is 388 g/mol. The standard InChI is InChI=1S/C21H24N4O3S/c22-7-8-23-19-12-21(24-18-6-5-15(14-26)11-17(18)19)25-9-10-29(27,28)20-4-2-1-3-16(20)13-25/h1-6,11-12,26H,7-10,13-14,22H2,(H,23,24). The van der Waals surface area contributed by atoms with Crippen molar-refractivity contribution in [3.63, 3.8) is 0 Å². The molecule has 0 spiro atoms. The second kappa shape index (κ2) is 7.98. The number of hydrogen-bond acceptors (Lipinski definition) is 7. The number of fused-ring (bicyclic) bond motifs is 2. The molecule has 0 fully saturated rings. The number of nitrogens with zero attached hydrogens (tertiary/aromatic N) is 2. The molecule has 0 atom stereocenters. The molecule has 7 nitrogen and oxygen atoms in total. The predicted octanol–water partition coefficient (Wildman–Crippen LogP) is 1.89. The fraction of sp³-hybridized carbons (Fsp3) is 0.286. The zero-order valence-electron chi connectivity index (χ0n) is 16.0. The molecule has 0 saturated carbocycles. The maximum atomic E-state index is 12.7. The van der Waals surface area contributed by atoms with E-state index in [1.165, 1.54) is 0 Å². The van der Waals surface area contributed by atoms with Crippen molar-refractivity contribution < 1.29 is 13.5 Å². The lowest BCUT2D eigenvalue weighted by atomic mass is 10.1. The lowest BCUT2D eigenvalue weighted by molar-refractivity contribution is 0.282. The topological polar surface area (TPSA) is 109 Å². The van der Waals surface area contributed by atoms with E-state index in [0.717, 1.165) is 27.7 Å². The molecular formula is C21H24N4O3S. The summed E-state index contributed by atoms with van der Waals surface area (Å²) < 4.78 is 25.3. The molecule has 3 aromatic rings. The number of aliphatic hydroxyl groups is 1. The molecule has 0 unspecified atom stereocenters. The first-order valence-corrected chi connectivity index (χ1v) is 11.2. The largest absolute Gasteiger partial charge is 0.392 e. The summed E-state index contributed by atoms with van der Waals surface area (Å²) in [5.41, 5.74) is 8.89. The van der Waals surface area contributed by atoms with Crippen molar-refractivity contribution in [3.8, 4) is 0 Å². The van der Waals surface area contributed by atoms with Gasteiger partial charge in [0.1, 0.15) is 5.82 Å². The van der Waals surface area contributed by atoms with Crippen LogP contribution in [0, 0.1) is 0 Å². The molecule has 0 aliphatic carbocycles. The summed E-state index contributed by atoms with van der Waals surface area (Å²) in [5.74, 6) is 0.749. The van der Waals surface area contributed by atoms with Crippen molar-refractivity contribution in [1.82, 2.24) is 4.98 Å². The average Bonchev–Trinajstić information content (AvgIpc) is 2.87. The Kier molecular flexibility index (Phi) is 5.40. The number of aliphatic hydroxyl groups excluding tert-OH is 1. The highest BCUT2D eigenvalue weighted by atomic mass is 32.2. The summed E-state index contributed by atoms with van der Waals surface area (Å²) in [4.78, 5) is 7.18. The Morgan fingerprint density at radius 3 is 2.79 bits per heavy atom. The Bertz CT molecular complexity index is 1150. The van der Waals surface area contributed by atoms with E-state index >= 15 is 0 Å². The third-order valence-electron chi connectivity index (χ3n) is 5.12. The van der Waals surface area contributed by atoms with Crippen LogP contribution in [0.25, 0.3) is 10.9 Å². The Labute approximate surface area is 170 Å². The number of pyridine rings is 1. The normalized spacial score (nSPS) is 15.7. The smallest absolute Gasteiger partial charge is 0.180 e. The highest BCUT2D eigenvalue weighted by molar-refractivity contribution is 7.91.